The molecule has 0 atom stereocenters. The van der Waals surface area contributed by atoms with E-state index in [-0.39, 0.29) is 0 Å². The van der Waals surface area contributed by atoms with Gasteiger partial charge in [0.05, 0.1) is 12.5 Å². The predicted molar refractivity (Wildman–Crippen MR) is 115 cm³/mol. The van der Waals surface area contributed by atoms with E-state index in [2.05, 4.69) is 61.5 Å². The van der Waals surface area contributed by atoms with Crippen LogP contribution in [0.4, 0.5) is 0 Å². The zero-order chi connectivity index (χ0) is 18.9. The van der Waals surface area contributed by atoms with Crippen molar-refractivity contribution in [3.05, 3.63) is 59.7 Å². The third-order valence-electron chi connectivity index (χ3n) is 6.27. The Morgan fingerprint density at radius 1 is 0.815 bits per heavy atom. The molecule has 0 aliphatic heterocycles. The topological polar surface area (TPSA) is 23.8 Å². The standard InChI is InChI=1S/C26H33N/c1-2-3-4-5-6-21-7-11-23(12-8-21)25-15-17-26(18-16-25)24-13-9-22(10-14-24)19-20-27/h9-10,13-18,21,23H,2-8,11-12,19H2,1H3. The number of hydrogen-bond acceptors (Lipinski definition) is 1. The maximum absolute atomic E-state index is 8.79. The molecule has 0 bridgehead atoms. The molecule has 0 spiro atoms. The molecule has 0 amide bonds. The summed E-state index contributed by atoms with van der Waals surface area (Å²) in [5.74, 6) is 1.73. The van der Waals surface area contributed by atoms with Crippen LogP contribution in [-0.2, 0) is 6.42 Å². The van der Waals surface area contributed by atoms with Crippen LogP contribution in [0, 0.1) is 17.2 Å². The molecule has 1 aliphatic carbocycles. The van der Waals surface area contributed by atoms with Crippen LogP contribution in [0.25, 0.3) is 11.1 Å². The monoisotopic (exact) mass is 359 g/mol. The molecule has 1 aliphatic rings. The van der Waals surface area contributed by atoms with E-state index in [1.54, 1.807) is 0 Å². The van der Waals surface area contributed by atoms with Gasteiger partial charge < -0.3 is 0 Å². The Hall–Kier alpha value is -2.07. The van der Waals surface area contributed by atoms with Gasteiger partial charge in [0, 0.05) is 0 Å². The fraction of sp³-hybridized carbons (Fsp3) is 0.500. The highest BCUT2D eigenvalue weighted by Crippen LogP contribution is 2.38. The summed E-state index contributed by atoms with van der Waals surface area (Å²) in [6, 6.07) is 19.8. The molecule has 1 nitrogen and oxygen atoms in total. The van der Waals surface area contributed by atoms with Crippen LogP contribution < -0.4 is 0 Å². The smallest absolute Gasteiger partial charge is 0.0669 e. The summed E-state index contributed by atoms with van der Waals surface area (Å²) in [6.07, 6.45) is 13.1. The molecule has 2 aromatic rings. The molecular weight excluding hydrogens is 326 g/mol. The molecule has 0 saturated heterocycles. The Kier molecular flexibility index (Phi) is 7.52. The molecule has 0 N–H and O–H groups in total. The minimum atomic E-state index is 0.487. The maximum Gasteiger partial charge on any atom is 0.0669 e. The van der Waals surface area contributed by atoms with Gasteiger partial charge in [-0.25, -0.2) is 0 Å². The van der Waals surface area contributed by atoms with Gasteiger partial charge >= 0.3 is 0 Å². The first-order chi connectivity index (χ1) is 13.3. The first kappa shape index (κ1) is 19.7. The quantitative estimate of drug-likeness (QED) is 0.444. The van der Waals surface area contributed by atoms with E-state index in [9.17, 15) is 0 Å². The molecule has 1 saturated carbocycles. The Bertz CT molecular complexity index is 712. The van der Waals surface area contributed by atoms with Crippen molar-refractivity contribution in [2.24, 2.45) is 5.92 Å². The maximum atomic E-state index is 8.79. The summed E-state index contributed by atoms with van der Waals surface area (Å²) in [5, 5.41) is 8.79. The van der Waals surface area contributed by atoms with E-state index in [4.69, 9.17) is 5.26 Å². The normalized spacial score (nSPS) is 19.6. The van der Waals surface area contributed by atoms with Gasteiger partial charge in [0.2, 0.25) is 0 Å². The lowest BCUT2D eigenvalue weighted by Gasteiger charge is -2.29. The summed E-state index contributed by atoms with van der Waals surface area (Å²) in [4.78, 5) is 0. The van der Waals surface area contributed by atoms with Crippen LogP contribution in [-0.4, -0.2) is 0 Å². The van der Waals surface area contributed by atoms with E-state index in [1.165, 1.54) is 74.5 Å². The number of rotatable bonds is 8. The Labute approximate surface area is 165 Å². The molecule has 1 heteroatoms. The highest BCUT2D eigenvalue weighted by molar-refractivity contribution is 5.64. The molecule has 0 aromatic heterocycles. The summed E-state index contributed by atoms with van der Waals surface area (Å²) < 4.78 is 0. The number of hydrogen-bond donors (Lipinski definition) is 0. The number of unbranched alkanes of at least 4 members (excludes halogenated alkanes) is 3. The lowest BCUT2D eigenvalue weighted by molar-refractivity contribution is 0.302. The lowest BCUT2D eigenvalue weighted by atomic mass is 9.77. The molecule has 142 valence electrons. The van der Waals surface area contributed by atoms with Gasteiger partial charge in [-0.1, -0.05) is 87.6 Å². The highest BCUT2D eigenvalue weighted by atomic mass is 14.3. The molecule has 1 fully saturated rings. The highest BCUT2D eigenvalue weighted by Gasteiger charge is 2.22. The Morgan fingerprint density at radius 2 is 1.44 bits per heavy atom. The van der Waals surface area contributed by atoms with E-state index in [1.807, 2.05) is 0 Å². The minimum absolute atomic E-state index is 0.487. The van der Waals surface area contributed by atoms with Crippen molar-refractivity contribution in [2.75, 3.05) is 0 Å². The van der Waals surface area contributed by atoms with Crippen molar-refractivity contribution in [1.82, 2.24) is 0 Å². The SMILES string of the molecule is CCCCCCC1CCC(c2ccc(-c3ccc(CC#N)cc3)cc2)CC1. The summed E-state index contributed by atoms with van der Waals surface area (Å²) >= 11 is 0. The second-order valence-corrected chi connectivity index (χ2v) is 8.22. The lowest BCUT2D eigenvalue weighted by Crippen LogP contribution is -2.13. The van der Waals surface area contributed by atoms with Gasteiger partial charge in [-0.15, -0.1) is 0 Å². The van der Waals surface area contributed by atoms with E-state index in [0.29, 0.717) is 6.42 Å². The molecular formula is C26H33N. The van der Waals surface area contributed by atoms with Crippen molar-refractivity contribution < 1.29 is 0 Å². The summed E-state index contributed by atoms with van der Waals surface area (Å²) in [5.41, 5.74) is 5.11. The van der Waals surface area contributed by atoms with Gasteiger partial charge in [-0.3, -0.25) is 0 Å². The Morgan fingerprint density at radius 3 is 2.04 bits per heavy atom. The number of benzene rings is 2. The average molecular weight is 360 g/mol. The zero-order valence-corrected chi connectivity index (χ0v) is 16.8. The number of nitrogens with zero attached hydrogens (tertiary/aromatic N) is 1. The van der Waals surface area contributed by atoms with E-state index < -0.39 is 0 Å². The van der Waals surface area contributed by atoms with Crippen LogP contribution in [0.5, 0.6) is 0 Å². The van der Waals surface area contributed by atoms with Crippen molar-refractivity contribution in [1.29, 1.82) is 5.26 Å². The first-order valence-electron chi connectivity index (χ1n) is 10.9. The van der Waals surface area contributed by atoms with Gasteiger partial charge in [-0.2, -0.15) is 5.26 Å². The van der Waals surface area contributed by atoms with Gasteiger partial charge in [-0.05, 0) is 59.8 Å². The summed E-state index contributed by atoms with van der Waals surface area (Å²) in [7, 11) is 0. The molecule has 0 heterocycles. The Balaban J connectivity index is 1.51. The van der Waals surface area contributed by atoms with Crippen LogP contribution in [0.2, 0.25) is 0 Å². The van der Waals surface area contributed by atoms with Crippen LogP contribution in [0.3, 0.4) is 0 Å². The van der Waals surface area contributed by atoms with Crippen molar-refractivity contribution in [3.63, 3.8) is 0 Å². The van der Waals surface area contributed by atoms with Gasteiger partial charge in [0.1, 0.15) is 0 Å². The van der Waals surface area contributed by atoms with Gasteiger partial charge in [0.25, 0.3) is 0 Å². The van der Waals surface area contributed by atoms with Crippen molar-refractivity contribution in [3.8, 4) is 17.2 Å². The number of nitriles is 1. The predicted octanol–water partition coefficient (Wildman–Crippen LogP) is 7.66. The van der Waals surface area contributed by atoms with E-state index in [0.717, 1.165) is 17.4 Å². The third-order valence-corrected chi connectivity index (χ3v) is 6.27. The average Bonchev–Trinajstić information content (AvgIpc) is 2.73. The van der Waals surface area contributed by atoms with E-state index >= 15 is 0 Å². The second-order valence-electron chi connectivity index (χ2n) is 8.22. The molecule has 2 aromatic carbocycles. The second kappa shape index (κ2) is 10.3. The summed E-state index contributed by atoms with van der Waals surface area (Å²) in [6.45, 7) is 2.29. The molecule has 0 unspecified atom stereocenters. The minimum Gasteiger partial charge on any atom is -0.198 e. The van der Waals surface area contributed by atoms with Crippen LogP contribution >= 0.6 is 0 Å². The largest absolute Gasteiger partial charge is 0.198 e. The van der Waals surface area contributed by atoms with Crippen molar-refractivity contribution >= 4 is 0 Å². The first-order valence-corrected chi connectivity index (χ1v) is 10.9. The fourth-order valence-electron chi connectivity index (χ4n) is 4.50. The fourth-order valence-corrected chi connectivity index (χ4v) is 4.50. The van der Waals surface area contributed by atoms with Crippen LogP contribution in [0.15, 0.2) is 48.5 Å². The molecule has 27 heavy (non-hydrogen) atoms. The van der Waals surface area contributed by atoms with Gasteiger partial charge in [0.15, 0.2) is 0 Å². The zero-order valence-electron chi connectivity index (χ0n) is 16.8. The third kappa shape index (κ3) is 5.70. The molecule has 0 radical (unpaired) electrons. The molecule has 3 rings (SSSR count). The van der Waals surface area contributed by atoms with Crippen molar-refractivity contribution in [2.45, 2.75) is 77.0 Å². The van der Waals surface area contributed by atoms with Crippen LogP contribution in [0.1, 0.15) is 81.8 Å².